The van der Waals surface area contributed by atoms with E-state index in [4.69, 9.17) is 0 Å². The fourth-order valence-corrected chi connectivity index (χ4v) is 4.08. The van der Waals surface area contributed by atoms with E-state index in [1.807, 2.05) is 12.4 Å². The van der Waals surface area contributed by atoms with Crippen molar-refractivity contribution in [2.45, 2.75) is 30.8 Å². The molecule has 30 heavy (non-hydrogen) atoms. The Hall–Kier alpha value is -2.64. The monoisotopic (exact) mass is 426 g/mol. The van der Waals surface area contributed by atoms with E-state index in [1.54, 1.807) is 0 Å². The van der Waals surface area contributed by atoms with Crippen LogP contribution in [0.5, 0.6) is 0 Å². The molecule has 1 aliphatic rings. The minimum atomic E-state index is -0.888. The van der Waals surface area contributed by atoms with Gasteiger partial charge in [0.05, 0.1) is 6.20 Å². The smallest absolute Gasteiger partial charge is 0.172 e. The molecule has 0 aliphatic carbocycles. The van der Waals surface area contributed by atoms with Crippen LogP contribution < -0.4 is 5.32 Å². The minimum Gasteiger partial charge on any atom is -0.347 e. The molecule has 1 fully saturated rings. The van der Waals surface area contributed by atoms with Crippen LogP contribution in [0.2, 0.25) is 0 Å². The lowest BCUT2D eigenvalue weighted by Gasteiger charge is -2.11. The summed E-state index contributed by atoms with van der Waals surface area (Å²) in [7, 11) is 0. The number of nitrogens with zero attached hydrogens (tertiary/aromatic N) is 2. The molecule has 2 N–H and O–H groups in total. The molecule has 0 amide bonds. The predicted octanol–water partition coefficient (Wildman–Crippen LogP) is 5.28. The summed E-state index contributed by atoms with van der Waals surface area (Å²) < 4.78 is 26.8. The summed E-state index contributed by atoms with van der Waals surface area (Å²) in [6, 6.07) is 13.4. The van der Waals surface area contributed by atoms with E-state index in [-0.39, 0.29) is 4.90 Å². The van der Waals surface area contributed by atoms with Crippen molar-refractivity contribution >= 4 is 23.5 Å². The molecule has 0 saturated carbocycles. The maximum absolute atomic E-state index is 12.3. The highest BCUT2D eigenvalue weighted by molar-refractivity contribution is 7.80. The van der Waals surface area contributed by atoms with Crippen molar-refractivity contribution in [1.82, 2.24) is 20.1 Å². The summed E-state index contributed by atoms with van der Waals surface area (Å²) in [5.41, 5.74) is 3.67. The Balaban J connectivity index is 0.000000204. The van der Waals surface area contributed by atoms with Crippen molar-refractivity contribution in [2.75, 3.05) is 6.54 Å². The molecule has 2 aromatic heterocycles. The highest BCUT2D eigenvalue weighted by Gasteiger charge is 2.21. The molecule has 1 saturated heterocycles. The number of thiol groups is 1. The summed E-state index contributed by atoms with van der Waals surface area (Å²) in [6.45, 7) is 4.50. The lowest BCUT2D eigenvalue weighted by atomic mass is 10.1. The Morgan fingerprint density at radius 2 is 2.03 bits per heavy atom. The molecule has 2 atom stereocenters. The molecule has 0 radical (unpaired) electrons. The molecular formula is C23H24F2N4S. The highest BCUT2D eigenvalue weighted by atomic mass is 32.1. The average Bonchev–Trinajstić information content (AvgIpc) is 3.49. The number of aromatic amines is 1. The van der Waals surface area contributed by atoms with Crippen molar-refractivity contribution < 1.29 is 8.78 Å². The molecule has 0 spiro atoms. The molecule has 2 aromatic carbocycles. The molecule has 4 aromatic rings. The quantitative estimate of drug-likeness (QED) is 0.390. The number of H-pyrrole nitrogens is 1. The molecule has 3 heterocycles. The summed E-state index contributed by atoms with van der Waals surface area (Å²) in [5, 5.41) is 11.7. The van der Waals surface area contributed by atoms with Gasteiger partial charge in [0.2, 0.25) is 0 Å². The third kappa shape index (κ3) is 4.57. The molecule has 7 heteroatoms. The van der Waals surface area contributed by atoms with Gasteiger partial charge in [-0.1, -0.05) is 12.1 Å². The predicted molar refractivity (Wildman–Crippen MR) is 119 cm³/mol. The first-order valence-corrected chi connectivity index (χ1v) is 10.4. The fourth-order valence-electron chi connectivity index (χ4n) is 3.89. The van der Waals surface area contributed by atoms with Gasteiger partial charge in [-0.15, -0.1) is 12.6 Å². The Labute approximate surface area is 179 Å². The van der Waals surface area contributed by atoms with Gasteiger partial charge < -0.3 is 9.88 Å². The first kappa shape index (κ1) is 20.6. The number of benzene rings is 2. The van der Waals surface area contributed by atoms with Crippen LogP contribution >= 0.6 is 12.6 Å². The lowest BCUT2D eigenvalue weighted by Crippen LogP contribution is -2.17. The largest absolute Gasteiger partial charge is 0.347 e. The van der Waals surface area contributed by atoms with E-state index >= 15 is 0 Å². The van der Waals surface area contributed by atoms with Gasteiger partial charge in [0.25, 0.3) is 0 Å². The van der Waals surface area contributed by atoms with E-state index in [9.17, 15) is 8.78 Å². The molecule has 2 unspecified atom stereocenters. The highest BCUT2D eigenvalue weighted by Crippen LogP contribution is 2.26. The van der Waals surface area contributed by atoms with Gasteiger partial charge in [-0.25, -0.2) is 8.78 Å². The summed E-state index contributed by atoms with van der Waals surface area (Å²) in [5.74, 6) is -1.01. The van der Waals surface area contributed by atoms with Gasteiger partial charge in [0.15, 0.2) is 11.6 Å². The van der Waals surface area contributed by atoms with E-state index in [2.05, 4.69) is 70.1 Å². The molecule has 4 nitrogen and oxygen atoms in total. The number of nitrogens with one attached hydrogen (secondary N) is 2. The summed E-state index contributed by atoms with van der Waals surface area (Å²) in [6.07, 6.45) is 7.28. The van der Waals surface area contributed by atoms with Gasteiger partial charge in [-0.3, -0.25) is 5.10 Å². The van der Waals surface area contributed by atoms with Gasteiger partial charge in [0.1, 0.15) is 0 Å². The van der Waals surface area contributed by atoms with Crippen LogP contribution in [-0.2, 0) is 6.54 Å². The van der Waals surface area contributed by atoms with Crippen molar-refractivity contribution in [2.24, 2.45) is 5.92 Å². The Kier molecular flexibility index (Phi) is 6.20. The third-order valence-corrected chi connectivity index (χ3v) is 5.78. The number of halogens is 2. The second-order valence-electron chi connectivity index (χ2n) is 7.71. The fraction of sp³-hybridized carbons (Fsp3) is 0.261. The van der Waals surface area contributed by atoms with Crippen molar-refractivity contribution in [3.05, 3.63) is 72.7 Å². The Bertz CT molecular complexity index is 1100. The van der Waals surface area contributed by atoms with E-state index in [0.29, 0.717) is 6.04 Å². The number of hydrogen-bond donors (Lipinski definition) is 3. The van der Waals surface area contributed by atoms with Gasteiger partial charge in [-0.2, -0.15) is 5.10 Å². The van der Waals surface area contributed by atoms with Crippen LogP contribution in [0.1, 0.15) is 13.3 Å². The van der Waals surface area contributed by atoms with Crippen LogP contribution in [0.4, 0.5) is 8.78 Å². The van der Waals surface area contributed by atoms with Crippen LogP contribution in [-0.4, -0.2) is 27.4 Å². The SMILES string of the molecule is CC1CC(Cn2ccc3cc(-c4cn[nH]c4)ccc32)CN1.Fc1cccc(S)c1F. The standard InChI is InChI=1S/C17H20N4.C6H4F2S/c1-12-6-13(8-18-12)11-21-5-4-15-7-14(2-3-17(15)21)16-9-19-20-10-16;7-4-2-1-3-5(9)6(4)8/h2-5,7,9-10,12-13,18H,6,8,11H2,1H3,(H,19,20);1-3,9H. The maximum atomic E-state index is 12.3. The van der Waals surface area contributed by atoms with Crippen LogP contribution in [0.25, 0.3) is 22.0 Å². The number of hydrogen-bond acceptors (Lipinski definition) is 3. The van der Waals surface area contributed by atoms with Crippen LogP contribution in [0, 0.1) is 17.6 Å². The maximum Gasteiger partial charge on any atom is 0.172 e. The normalized spacial score (nSPS) is 18.4. The van der Waals surface area contributed by atoms with E-state index in [1.165, 1.54) is 35.0 Å². The molecule has 0 bridgehead atoms. The molecular weight excluding hydrogens is 402 g/mol. The molecule has 5 rings (SSSR count). The average molecular weight is 427 g/mol. The zero-order valence-corrected chi connectivity index (χ0v) is 17.5. The topological polar surface area (TPSA) is 45.6 Å². The lowest BCUT2D eigenvalue weighted by molar-refractivity contribution is 0.483. The number of aromatic nitrogens is 3. The van der Waals surface area contributed by atoms with Crippen molar-refractivity contribution in [1.29, 1.82) is 0 Å². The van der Waals surface area contributed by atoms with Crippen molar-refractivity contribution in [3.63, 3.8) is 0 Å². The van der Waals surface area contributed by atoms with E-state index in [0.717, 1.165) is 30.6 Å². The first-order valence-electron chi connectivity index (χ1n) is 9.95. The zero-order valence-electron chi connectivity index (χ0n) is 16.6. The van der Waals surface area contributed by atoms with Gasteiger partial charge >= 0.3 is 0 Å². The second kappa shape index (κ2) is 9.02. The number of fused-ring (bicyclic) bond motifs is 1. The van der Waals surface area contributed by atoms with Crippen LogP contribution in [0.3, 0.4) is 0 Å². The second-order valence-corrected chi connectivity index (χ2v) is 8.19. The Morgan fingerprint density at radius 1 is 1.17 bits per heavy atom. The molecule has 156 valence electrons. The minimum absolute atomic E-state index is 0.0370. The Morgan fingerprint density at radius 3 is 2.70 bits per heavy atom. The van der Waals surface area contributed by atoms with Gasteiger partial charge in [0, 0.05) is 46.3 Å². The summed E-state index contributed by atoms with van der Waals surface area (Å²) in [4.78, 5) is 0.0370. The van der Waals surface area contributed by atoms with Crippen molar-refractivity contribution in [3.8, 4) is 11.1 Å². The third-order valence-electron chi connectivity index (χ3n) is 5.43. The van der Waals surface area contributed by atoms with Crippen LogP contribution in [0.15, 0.2) is 66.0 Å². The number of rotatable bonds is 3. The molecule has 1 aliphatic heterocycles. The summed E-state index contributed by atoms with van der Waals surface area (Å²) >= 11 is 3.65. The zero-order chi connectivity index (χ0) is 21.1. The van der Waals surface area contributed by atoms with E-state index < -0.39 is 11.6 Å². The first-order chi connectivity index (χ1) is 14.5. The van der Waals surface area contributed by atoms with Gasteiger partial charge in [-0.05, 0) is 61.7 Å².